The first-order chi connectivity index (χ1) is 17.2. The Hall–Kier alpha value is -2.91. The van der Waals surface area contributed by atoms with Crippen molar-refractivity contribution in [1.82, 2.24) is 0 Å². The van der Waals surface area contributed by atoms with E-state index in [9.17, 15) is 13.6 Å². The Kier molecular flexibility index (Phi) is 8.31. The zero-order chi connectivity index (χ0) is 25.8. The third kappa shape index (κ3) is 6.64. The van der Waals surface area contributed by atoms with Crippen molar-refractivity contribution in [3.8, 4) is 11.5 Å². The van der Waals surface area contributed by atoms with Crippen LogP contribution in [0.2, 0.25) is 0 Å². The van der Waals surface area contributed by atoms with Crippen molar-refractivity contribution in [1.29, 1.82) is 0 Å². The van der Waals surface area contributed by atoms with E-state index in [1.165, 1.54) is 24.3 Å². The van der Waals surface area contributed by atoms with Crippen LogP contribution in [0.15, 0.2) is 36.4 Å². The minimum Gasteiger partial charge on any atom is -0.490 e. The summed E-state index contributed by atoms with van der Waals surface area (Å²) in [6.45, 7) is 3.54. The van der Waals surface area contributed by atoms with E-state index in [1.807, 2.05) is 0 Å². The van der Waals surface area contributed by atoms with Gasteiger partial charge in [-0.25, -0.2) is 13.6 Å². The molecule has 2 aliphatic carbocycles. The summed E-state index contributed by atoms with van der Waals surface area (Å²) >= 11 is 0. The highest BCUT2D eigenvalue weighted by Crippen LogP contribution is 2.33. The van der Waals surface area contributed by atoms with Crippen LogP contribution in [0.3, 0.4) is 0 Å². The van der Waals surface area contributed by atoms with Gasteiger partial charge in [0.15, 0.2) is 0 Å². The van der Waals surface area contributed by atoms with Crippen LogP contribution >= 0.6 is 0 Å². The van der Waals surface area contributed by atoms with Gasteiger partial charge in [-0.3, -0.25) is 0 Å². The minimum absolute atomic E-state index is 0.162. The molecule has 6 atom stereocenters. The van der Waals surface area contributed by atoms with E-state index in [-0.39, 0.29) is 48.1 Å². The number of halogens is 2. The summed E-state index contributed by atoms with van der Waals surface area (Å²) in [5, 5.41) is 0. The van der Waals surface area contributed by atoms with Gasteiger partial charge in [-0.05, 0) is 75.9 Å². The first kappa shape index (κ1) is 26.2. The van der Waals surface area contributed by atoms with Crippen LogP contribution in [0.25, 0.3) is 0 Å². The fraction of sp³-hybridized carbons (Fsp3) is 0.519. The highest BCUT2D eigenvalue weighted by Gasteiger charge is 2.33. The van der Waals surface area contributed by atoms with Crippen molar-refractivity contribution < 1.29 is 32.5 Å². The third-order valence-electron chi connectivity index (χ3n) is 6.71. The maximum absolute atomic E-state index is 13.6. The fourth-order valence-electron chi connectivity index (χ4n) is 4.85. The predicted molar refractivity (Wildman–Crippen MR) is 130 cm³/mol. The number of carbonyl (C=O) groups is 1. The molecule has 4 rings (SSSR count). The molecule has 36 heavy (non-hydrogen) atoms. The highest BCUT2D eigenvalue weighted by molar-refractivity contribution is 5.60. The minimum atomic E-state index is -0.706. The lowest BCUT2D eigenvalue weighted by atomic mass is 10.1. The van der Waals surface area contributed by atoms with Gasteiger partial charge in [0, 0.05) is 36.1 Å². The van der Waals surface area contributed by atoms with Gasteiger partial charge >= 0.3 is 6.16 Å². The van der Waals surface area contributed by atoms with Crippen LogP contribution in [0.1, 0.15) is 75.6 Å². The second-order valence-corrected chi connectivity index (χ2v) is 9.78. The van der Waals surface area contributed by atoms with Crippen molar-refractivity contribution in [3.05, 3.63) is 59.2 Å². The Bertz CT molecular complexity index is 983. The molecule has 2 aromatic rings. The second kappa shape index (κ2) is 11.4. The van der Waals surface area contributed by atoms with Crippen LogP contribution in [0.4, 0.5) is 13.6 Å². The maximum Gasteiger partial charge on any atom is 0.508 e. The van der Waals surface area contributed by atoms with Crippen molar-refractivity contribution >= 4 is 6.16 Å². The number of carbonyl (C=O) groups excluding carboxylic acids is 1. The molecule has 2 aliphatic rings. The number of nitrogens with two attached hydrogens (primary N) is 2. The Morgan fingerprint density at radius 2 is 1.14 bits per heavy atom. The highest BCUT2D eigenvalue weighted by atomic mass is 19.1. The molecular weight excluding hydrogens is 470 g/mol. The summed E-state index contributed by atoms with van der Waals surface area (Å²) in [4.78, 5) is 12.4. The number of hydrogen-bond donors (Lipinski definition) is 2. The van der Waals surface area contributed by atoms with Gasteiger partial charge in [0.25, 0.3) is 0 Å². The molecule has 0 saturated heterocycles. The van der Waals surface area contributed by atoms with Crippen LogP contribution in [-0.2, 0) is 9.47 Å². The van der Waals surface area contributed by atoms with Crippen LogP contribution in [0, 0.1) is 11.6 Å². The average Bonchev–Trinajstić information content (AvgIpc) is 3.44. The largest absolute Gasteiger partial charge is 0.508 e. The summed E-state index contributed by atoms with van der Waals surface area (Å²) in [7, 11) is 0. The standard InChI is InChI=1S/C27H34F2N2O5/c1-15(30)23-11-17(28)3-9-25(23)33-19-5-7-21(13-19)35-27(32)36-22-8-6-20(14-22)34-26-10-4-18(29)12-24(26)16(2)31/h3-4,9-12,15-16,19-22H,5-8,13-14,30-31H2,1-2H3/t15-,16-,19+,20+,21-,22-/m1/s1. The van der Waals surface area contributed by atoms with E-state index in [0.29, 0.717) is 61.2 Å². The molecule has 0 heterocycles. The molecule has 0 amide bonds. The molecule has 0 unspecified atom stereocenters. The molecule has 2 fully saturated rings. The maximum atomic E-state index is 13.6. The molecule has 0 bridgehead atoms. The average molecular weight is 505 g/mol. The smallest absolute Gasteiger partial charge is 0.490 e. The third-order valence-corrected chi connectivity index (χ3v) is 6.71. The summed E-state index contributed by atoms with van der Waals surface area (Å²) < 4.78 is 50.3. The molecular formula is C27H34F2N2O5. The Labute approximate surface area is 210 Å². The molecule has 0 aromatic heterocycles. The summed E-state index contributed by atoms with van der Waals surface area (Å²) in [6.07, 6.45) is 2.07. The number of rotatable bonds is 8. The number of ether oxygens (including phenoxy) is 4. The van der Waals surface area contributed by atoms with E-state index in [4.69, 9.17) is 30.4 Å². The SMILES string of the molecule is C[C@@H](N)c1cc(F)ccc1O[C@H]1CC[C@@H](OC(=O)O[C@@H]2CC[C@H](Oc3ccc(F)cc3[C@@H](C)N)C2)C1. The number of hydrogen-bond acceptors (Lipinski definition) is 7. The van der Waals surface area contributed by atoms with Crippen molar-refractivity contribution in [2.75, 3.05) is 0 Å². The molecule has 0 aliphatic heterocycles. The first-order valence-electron chi connectivity index (χ1n) is 12.5. The van der Waals surface area contributed by atoms with E-state index < -0.39 is 6.16 Å². The van der Waals surface area contributed by atoms with Gasteiger partial charge in [0.05, 0.1) is 0 Å². The van der Waals surface area contributed by atoms with Crippen molar-refractivity contribution in [2.24, 2.45) is 11.5 Å². The van der Waals surface area contributed by atoms with Crippen LogP contribution < -0.4 is 20.9 Å². The molecule has 2 saturated carbocycles. The lowest BCUT2D eigenvalue weighted by Crippen LogP contribution is -2.23. The molecule has 9 heteroatoms. The molecule has 2 aromatic carbocycles. The van der Waals surface area contributed by atoms with Crippen molar-refractivity contribution in [2.45, 2.75) is 88.9 Å². The van der Waals surface area contributed by atoms with Crippen LogP contribution in [-0.4, -0.2) is 30.6 Å². The summed E-state index contributed by atoms with van der Waals surface area (Å²) in [5.74, 6) is 0.364. The Balaban J connectivity index is 1.23. The number of benzene rings is 2. The molecule has 0 spiro atoms. The lowest BCUT2D eigenvalue weighted by molar-refractivity contribution is -0.00253. The van der Waals surface area contributed by atoms with Crippen molar-refractivity contribution in [3.63, 3.8) is 0 Å². The molecule has 196 valence electrons. The van der Waals surface area contributed by atoms with Gasteiger partial charge in [-0.1, -0.05) is 0 Å². The van der Waals surface area contributed by atoms with Crippen LogP contribution in [0.5, 0.6) is 11.5 Å². The predicted octanol–water partition coefficient (Wildman–Crippen LogP) is 5.46. The van der Waals surface area contributed by atoms with Gasteiger partial charge < -0.3 is 30.4 Å². The molecule has 7 nitrogen and oxygen atoms in total. The zero-order valence-corrected chi connectivity index (χ0v) is 20.6. The molecule has 0 radical (unpaired) electrons. The van der Waals surface area contributed by atoms with E-state index in [1.54, 1.807) is 26.0 Å². The quantitative estimate of drug-likeness (QED) is 0.460. The molecule has 4 N–H and O–H groups in total. The van der Waals surface area contributed by atoms with E-state index in [2.05, 4.69) is 0 Å². The fourth-order valence-corrected chi connectivity index (χ4v) is 4.85. The Morgan fingerprint density at radius 1 is 0.750 bits per heavy atom. The van der Waals surface area contributed by atoms with Gasteiger partial charge in [-0.2, -0.15) is 0 Å². The zero-order valence-electron chi connectivity index (χ0n) is 20.6. The Morgan fingerprint density at radius 3 is 1.53 bits per heavy atom. The van der Waals surface area contributed by atoms with Gasteiger partial charge in [0.1, 0.15) is 47.5 Å². The normalized spacial score (nSPS) is 25.3. The second-order valence-electron chi connectivity index (χ2n) is 9.78. The van der Waals surface area contributed by atoms with E-state index in [0.717, 1.165) is 0 Å². The summed E-state index contributed by atoms with van der Waals surface area (Å²) in [5.41, 5.74) is 13.1. The topological polar surface area (TPSA) is 106 Å². The first-order valence-corrected chi connectivity index (χ1v) is 12.5. The monoisotopic (exact) mass is 504 g/mol. The lowest BCUT2D eigenvalue weighted by Gasteiger charge is -2.20. The summed E-state index contributed by atoms with van der Waals surface area (Å²) in [6, 6.07) is 7.87. The van der Waals surface area contributed by atoms with Gasteiger partial charge in [-0.15, -0.1) is 0 Å². The van der Waals surface area contributed by atoms with Gasteiger partial charge in [0.2, 0.25) is 0 Å². The van der Waals surface area contributed by atoms with E-state index >= 15 is 0 Å².